The highest BCUT2D eigenvalue weighted by atomic mass is 35.5. The van der Waals surface area contributed by atoms with Gasteiger partial charge in [0.1, 0.15) is 23.8 Å². The summed E-state index contributed by atoms with van der Waals surface area (Å²) in [4.78, 5) is 5.97. The topological polar surface area (TPSA) is 54.8 Å². The highest BCUT2D eigenvalue weighted by Crippen LogP contribution is 2.24. The van der Waals surface area contributed by atoms with Crippen LogP contribution in [0.3, 0.4) is 0 Å². The van der Waals surface area contributed by atoms with Gasteiger partial charge in [-0.1, -0.05) is 11.6 Å². The first kappa shape index (κ1) is 17.9. The minimum atomic E-state index is -0.642. The van der Waals surface area contributed by atoms with Crippen molar-refractivity contribution >= 4 is 11.6 Å². The van der Waals surface area contributed by atoms with E-state index in [2.05, 4.69) is 4.98 Å². The van der Waals surface area contributed by atoms with E-state index in [4.69, 9.17) is 21.1 Å². The third-order valence-corrected chi connectivity index (χ3v) is 4.44. The number of halogens is 2. The summed E-state index contributed by atoms with van der Waals surface area (Å²) in [6.07, 6.45) is 0.861. The zero-order chi connectivity index (χ0) is 17.8. The molecular formula is C18H20ClFN2O3. The Balaban J connectivity index is 1.60. The van der Waals surface area contributed by atoms with Gasteiger partial charge >= 0.3 is 0 Å². The molecule has 134 valence electrons. The number of pyridine rings is 1. The summed E-state index contributed by atoms with van der Waals surface area (Å²) in [6, 6.07) is 8.48. The number of aliphatic hydroxyl groups is 1. The van der Waals surface area contributed by atoms with Gasteiger partial charge in [0.15, 0.2) is 0 Å². The molecule has 1 aliphatic rings. The molecule has 1 aromatic carbocycles. The fraction of sp³-hybridized carbons (Fsp3) is 0.389. The molecule has 1 saturated heterocycles. The van der Waals surface area contributed by atoms with Gasteiger partial charge in [-0.2, -0.15) is 0 Å². The highest BCUT2D eigenvalue weighted by molar-refractivity contribution is 6.30. The van der Waals surface area contributed by atoms with E-state index in [1.165, 1.54) is 13.2 Å². The molecule has 5 nitrogen and oxygen atoms in total. The van der Waals surface area contributed by atoms with Crippen LogP contribution in [0.4, 0.5) is 4.39 Å². The molecule has 0 aliphatic carbocycles. The second kappa shape index (κ2) is 7.99. The number of β-amino-alcohol motifs (C(OH)–C–C–N with tert-alkyl or cyclic N) is 1. The van der Waals surface area contributed by atoms with Crippen molar-refractivity contribution in [1.82, 2.24) is 9.88 Å². The van der Waals surface area contributed by atoms with E-state index < -0.39 is 11.9 Å². The number of aromatic nitrogens is 1. The molecule has 0 saturated carbocycles. The van der Waals surface area contributed by atoms with Crippen LogP contribution in [0.1, 0.15) is 12.0 Å². The predicted octanol–water partition coefficient (Wildman–Crippen LogP) is 2.90. The van der Waals surface area contributed by atoms with Crippen molar-refractivity contribution in [2.75, 3.05) is 20.2 Å². The van der Waals surface area contributed by atoms with Gasteiger partial charge in [-0.25, -0.2) is 9.37 Å². The molecule has 1 fully saturated rings. The van der Waals surface area contributed by atoms with Gasteiger partial charge < -0.3 is 14.6 Å². The number of benzene rings is 1. The summed E-state index contributed by atoms with van der Waals surface area (Å²) in [5.74, 6) is 0.672. The maximum Gasteiger partial charge on any atom is 0.217 e. The Bertz CT molecular complexity index is 714. The van der Waals surface area contributed by atoms with Crippen LogP contribution in [0.25, 0.3) is 0 Å². The predicted molar refractivity (Wildman–Crippen MR) is 92.5 cm³/mol. The van der Waals surface area contributed by atoms with E-state index in [1.54, 1.807) is 24.3 Å². The van der Waals surface area contributed by atoms with Crippen LogP contribution >= 0.6 is 11.6 Å². The first-order chi connectivity index (χ1) is 12.0. The lowest BCUT2D eigenvalue weighted by Crippen LogP contribution is -2.48. The fourth-order valence-corrected chi connectivity index (χ4v) is 3.08. The molecule has 0 bridgehead atoms. The van der Waals surface area contributed by atoms with Gasteiger partial charge in [-0.3, -0.25) is 4.90 Å². The Hall–Kier alpha value is -1.89. The summed E-state index contributed by atoms with van der Waals surface area (Å²) in [6.45, 7) is 1.60. The molecule has 25 heavy (non-hydrogen) atoms. The molecule has 7 heteroatoms. The molecule has 0 spiro atoms. The molecule has 0 radical (unpaired) electrons. The van der Waals surface area contributed by atoms with Crippen molar-refractivity contribution in [2.45, 2.75) is 25.2 Å². The second-order valence-electron chi connectivity index (χ2n) is 6.02. The molecule has 2 aromatic rings. The zero-order valence-corrected chi connectivity index (χ0v) is 14.6. The quantitative estimate of drug-likeness (QED) is 0.881. The number of hydrogen-bond donors (Lipinski definition) is 1. The maximum atomic E-state index is 13.4. The van der Waals surface area contributed by atoms with Gasteiger partial charge in [-0.05, 0) is 36.8 Å². The molecule has 1 aromatic heterocycles. The summed E-state index contributed by atoms with van der Waals surface area (Å²) >= 11 is 5.86. The average molecular weight is 367 g/mol. The van der Waals surface area contributed by atoms with Crippen LogP contribution in [-0.4, -0.2) is 47.4 Å². The Kier molecular flexibility index (Phi) is 5.73. The number of nitrogens with zero attached hydrogens (tertiary/aromatic N) is 2. The van der Waals surface area contributed by atoms with Crippen LogP contribution in [0.5, 0.6) is 11.6 Å². The van der Waals surface area contributed by atoms with E-state index >= 15 is 0 Å². The molecule has 2 atom stereocenters. The number of piperidine rings is 1. The number of hydrogen-bond acceptors (Lipinski definition) is 5. The van der Waals surface area contributed by atoms with Gasteiger partial charge in [0.2, 0.25) is 5.88 Å². The lowest BCUT2D eigenvalue weighted by molar-refractivity contribution is -0.0276. The van der Waals surface area contributed by atoms with Gasteiger partial charge in [0.25, 0.3) is 0 Å². The van der Waals surface area contributed by atoms with Crippen LogP contribution in [-0.2, 0) is 6.54 Å². The van der Waals surface area contributed by atoms with Crippen molar-refractivity contribution in [3.05, 3.63) is 52.9 Å². The molecule has 0 amide bonds. The third kappa shape index (κ3) is 4.60. The number of methoxy groups -OCH3 is 1. The summed E-state index contributed by atoms with van der Waals surface area (Å²) in [7, 11) is 1.50. The maximum absolute atomic E-state index is 13.4. The van der Waals surface area contributed by atoms with E-state index in [1.807, 2.05) is 4.90 Å². The monoisotopic (exact) mass is 366 g/mol. The van der Waals surface area contributed by atoms with Gasteiger partial charge in [-0.15, -0.1) is 0 Å². The summed E-state index contributed by atoms with van der Waals surface area (Å²) in [5, 5.41) is 11.0. The largest absolute Gasteiger partial charge is 0.488 e. The average Bonchev–Trinajstić information content (AvgIpc) is 2.59. The summed E-state index contributed by atoms with van der Waals surface area (Å²) in [5.41, 5.74) is 0.659. The molecule has 1 N–H and O–H groups in total. The van der Waals surface area contributed by atoms with E-state index in [0.29, 0.717) is 41.7 Å². The third-order valence-electron chi connectivity index (χ3n) is 4.18. The van der Waals surface area contributed by atoms with Gasteiger partial charge in [0, 0.05) is 30.2 Å². The van der Waals surface area contributed by atoms with Crippen LogP contribution < -0.4 is 9.47 Å². The Labute approximate surface area is 151 Å². The van der Waals surface area contributed by atoms with Gasteiger partial charge in [0.05, 0.1) is 13.3 Å². The number of ether oxygens (including phenoxy) is 2. The SMILES string of the molecule is COc1ncc(F)cc1CN1CC[C@@H](Oc2ccc(Cl)cc2)[C@H](O)C1. The summed E-state index contributed by atoms with van der Waals surface area (Å²) < 4.78 is 24.5. The smallest absolute Gasteiger partial charge is 0.217 e. The van der Waals surface area contributed by atoms with E-state index in [0.717, 1.165) is 12.7 Å². The second-order valence-corrected chi connectivity index (χ2v) is 6.46. The lowest BCUT2D eigenvalue weighted by Gasteiger charge is -2.36. The molecule has 3 rings (SSSR count). The Morgan fingerprint density at radius 1 is 1.36 bits per heavy atom. The fourth-order valence-electron chi connectivity index (χ4n) is 2.95. The first-order valence-corrected chi connectivity index (χ1v) is 8.44. The van der Waals surface area contributed by atoms with Crippen molar-refractivity contribution in [3.8, 4) is 11.6 Å². The standard InChI is InChI=1S/C18H20ClFN2O3/c1-24-18-12(8-14(20)9-21-18)10-22-7-6-17(16(23)11-22)25-15-4-2-13(19)3-5-15/h2-5,8-9,16-17,23H,6-7,10-11H2,1H3/t16-,17-/m1/s1. The Morgan fingerprint density at radius 2 is 2.12 bits per heavy atom. The molecule has 1 aliphatic heterocycles. The van der Waals surface area contributed by atoms with E-state index in [-0.39, 0.29) is 6.10 Å². The minimum absolute atomic E-state index is 0.287. The highest BCUT2D eigenvalue weighted by Gasteiger charge is 2.29. The van der Waals surface area contributed by atoms with Crippen LogP contribution in [0.2, 0.25) is 5.02 Å². The van der Waals surface area contributed by atoms with Crippen molar-refractivity contribution in [3.63, 3.8) is 0 Å². The van der Waals surface area contributed by atoms with Crippen LogP contribution in [0.15, 0.2) is 36.5 Å². The molecule has 2 heterocycles. The number of likely N-dealkylation sites (tertiary alicyclic amines) is 1. The lowest BCUT2D eigenvalue weighted by atomic mass is 10.0. The number of aliphatic hydroxyl groups excluding tert-OH is 1. The van der Waals surface area contributed by atoms with E-state index in [9.17, 15) is 9.50 Å². The van der Waals surface area contributed by atoms with Crippen molar-refractivity contribution < 1.29 is 19.0 Å². The van der Waals surface area contributed by atoms with Crippen molar-refractivity contribution in [1.29, 1.82) is 0 Å². The zero-order valence-electron chi connectivity index (χ0n) is 13.9. The normalized spacial score (nSPS) is 21.1. The Morgan fingerprint density at radius 3 is 2.80 bits per heavy atom. The first-order valence-electron chi connectivity index (χ1n) is 8.06. The van der Waals surface area contributed by atoms with Crippen molar-refractivity contribution in [2.24, 2.45) is 0 Å². The minimum Gasteiger partial charge on any atom is -0.488 e. The number of rotatable bonds is 5. The van der Waals surface area contributed by atoms with Crippen LogP contribution in [0, 0.1) is 5.82 Å². The molecule has 0 unspecified atom stereocenters. The molecular weight excluding hydrogens is 347 g/mol.